The molecule has 1 aromatic carbocycles. The lowest BCUT2D eigenvalue weighted by Crippen LogP contribution is -2.42. The molecule has 21 heavy (non-hydrogen) atoms. The van der Waals surface area contributed by atoms with Gasteiger partial charge in [-0.15, -0.1) is 0 Å². The van der Waals surface area contributed by atoms with Crippen LogP contribution in [-0.2, 0) is 10.0 Å². The molecule has 2 rings (SSSR count). The van der Waals surface area contributed by atoms with Crippen LogP contribution < -0.4 is 5.73 Å². The Morgan fingerprint density at radius 2 is 2.05 bits per heavy atom. The van der Waals surface area contributed by atoms with Gasteiger partial charge in [-0.2, -0.15) is 4.31 Å². The Morgan fingerprint density at radius 1 is 1.38 bits per heavy atom. The van der Waals surface area contributed by atoms with Crippen LogP contribution in [0.25, 0.3) is 0 Å². The zero-order valence-electron chi connectivity index (χ0n) is 12.0. The predicted octanol–water partition coefficient (Wildman–Crippen LogP) is 1.89. The molecular weight excluding hydrogens is 361 g/mol. The zero-order chi connectivity index (χ0) is 15.8. The van der Waals surface area contributed by atoms with Crippen molar-refractivity contribution in [2.75, 3.05) is 32.4 Å². The van der Waals surface area contributed by atoms with Gasteiger partial charge in [0.25, 0.3) is 0 Å². The topological polar surface area (TPSA) is 66.6 Å². The van der Waals surface area contributed by atoms with Crippen LogP contribution in [0.3, 0.4) is 0 Å². The van der Waals surface area contributed by atoms with Crippen LogP contribution in [-0.4, -0.2) is 50.3 Å². The van der Waals surface area contributed by atoms with Crippen LogP contribution in [0.4, 0.5) is 10.1 Å². The molecule has 1 saturated heterocycles. The summed E-state index contributed by atoms with van der Waals surface area (Å²) in [4.78, 5) is 2.05. The molecule has 5 nitrogen and oxygen atoms in total. The lowest BCUT2D eigenvalue weighted by atomic mass is 10.3. The van der Waals surface area contributed by atoms with Crippen molar-refractivity contribution in [1.82, 2.24) is 9.21 Å². The van der Waals surface area contributed by atoms with Crippen molar-refractivity contribution in [3.63, 3.8) is 0 Å². The second kappa shape index (κ2) is 6.20. The number of hydrogen-bond acceptors (Lipinski definition) is 4. The average Bonchev–Trinajstić information content (AvgIpc) is 2.54. The minimum Gasteiger partial charge on any atom is -0.398 e. The van der Waals surface area contributed by atoms with Gasteiger partial charge in [0, 0.05) is 19.1 Å². The van der Waals surface area contributed by atoms with E-state index in [-0.39, 0.29) is 21.1 Å². The van der Waals surface area contributed by atoms with Crippen LogP contribution in [0, 0.1) is 5.82 Å². The highest BCUT2D eigenvalue weighted by Crippen LogP contribution is 2.30. The smallest absolute Gasteiger partial charge is 0.245 e. The number of halogens is 2. The number of sulfonamides is 1. The van der Waals surface area contributed by atoms with Gasteiger partial charge < -0.3 is 10.6 Å². The van der Waals surface area contributed by atoms with E-state index in [9.17, 15) is 12.8 Å². The predicted molar refractivity (Wildman–Crippen MR) is 84.0 cm³/mol. The maximum Gasteiger partial charge on any atom is 0.245 e. The maximum atomic E-state index is 13.4. The monoisotopic (exact) mass is 379 g/mol. The number of nitrogen functional groups attached to an aromatic ring is 1. The highest BCUT2D eigenvalue weighted by molar-refractivity contribution is 9.10. The van der Waals surface area contributed by atoms with E-state index >= 15 is 0 Å². The van der Waals surface area contributed by atoms with E-state index in [1.807, 2.05) is 14.0 Å². The summed E-state index contributed by atoms with van der Waals surface area (Å²) in [6.45, 7) is 3.80. The van der Waals surface area contributed by atoms with Gasteiger partial charge in [-0.05, 0) is 55.0 Å². The molecular formula is C13H19BrFN3O2S. The summed E-state index contributed by atoms with van der Waals surface area (Å²) in [5.41, 5.74) is 5.65. The highest BCUT2D eigenvalue weighted by Gasteiger charge is 2.33. The SMILES string of the molecule is CC1CN(C)CCCN1S(=O)(=O)c1cc(Br)c(F)cc1N. The van der Waals surface area contributed by atoms with E-state index in [1.165, 1.54) is 10.4 Å². The molecule has 1 aliphatic heterocycles. The highest BCUT2D eigenvalue weighted by atomic mass is 79.9. The third kappa shape index (κ3) is 3.39. The first-order valence-electron chi connectivity index (χ1n) is 6.68. The normalized spacial score (nSPS) is 22.2. The summed E-state index contributed by atoms with van der Waals surface area (Å²) in [6.07, 6.45) is 0.752. The van der Waals surface area contributed by atoms with Crippen LogP contribution >= 0.6 is 15.9 Å². The lowest BCUT2D eigenvalue weighted by molar-refractivity contribution is 0.290. The number of hydrogen-bond donors (Lipinski definition) is 1. The zero-order valence-corrected chi connectivity index (χ0v) is 14.4. The summed E-state index contributed by atoms with van der Waals surface area (Å²) in [6, 6.07) is 2.11. The molecule has 118 valence electrons. The standard InChI is InChI=1S/C13H19BrFN3O2S/c1-9-8-17(2)4-3-5-18(9)21(19,20)13-6-10(14)11(15)7-12(13)16/h6-7,9H,3-5,8,16H2,1-2H3. The Morgan fingerprint density at radius 3 is 2.71 bits per heavy atom. The molecule has 0 saturated carbocycles. The molecule has 1 atom stereocenters. The van der Waals surface area contributed by atoms with E-state index in [0.29, 0.717) is 13.1 Å². The summed E-state index contributed by atoms with van der Waals surface area (Å²) >= 11 is 3.02. The van der Waals surface area contributed by atoms with Crippen LogP contribution in [0.1, 0.15) is 13.3 Å². The van der Waals surface area contributed by atoms with Gasteiger partial charge in [0.05, 0.1) is 10.2 Å². The van der Waals surface area contributed by atoms with E-state index in [1.54, 1.807) is 0 Å². The molecule has 0 bridgehead atoms. The van der Waals surface area contributed by atoms with Crippen LogP contribution in [0.15, 0.2) is 21.5 Å². The number of nitrogens with zero attached hydrogens (tertiary/aromatic N) is 2. The molecule has 1 fully saturated rings. The van der Waals surface area contributed by atoms with Crippen molar-refractivity contribution in [2.45, 2.75) is 24.3 Å². The van der Waals surface area contributed by atoms with Crippen molar-refractivity contribution >= 4 is 31.6 Å². The second-order valence-electron chi connectivity index (χ2n) is 5.38. The van der Waals surface area contributed by atoms with Crippen LogP contribution in [0.5, 0.6) is 0 Å². The first-order chi connectivity index (χ1) is 9.73. The third-order valence-electron chi connectivity index (χ3n) is 3.63. The fourth-order valence-corrected chi connectivity index (χ4v) is 4.88. The summed E-state index contributed by atoms with van der Waals surface area (Å²) in [5, 5.41) is 0. The second-order valence-corrected chi connectivity index (χ2v) is 8.10. The Kier molecular flexibility index (Phi) is 4.92. The fraction of sp³-hybridized carbons (Fsp3) is 0.538. The van der Waals surface area contributed by atoms with Gasteiger partial charge in [-0.3, -0.25) is 0 Å². The molecule has 0 spiro atoms. The van der Waals surface area contributed by atoms with Crippen molar-refractivity contribution in [1.29, 1.82) is 0 Å². The Hall–Kier alpha value is -0.700. The average molecular weight is 380 g/mol. The largest absolute Gasteiger partial charge is 0.398 e. The van der Waals surface area contributed by atoms with E-state index in [0.717, 1.165) is 19.0 Å². The molecule has 0 amide bonds. The first kappa shape index (κ1) is 16.7. The van der Waals surface area contributed by atoms with Crippen molar-refractivity contribution in [3.05, 3.63) is 22.4 Å². The molecule has 8 heteroatoms. The number of likely N-dealkylation sites (N-methyl/N-ethyl adjacent to an activating group) is 1. The van der Waals surface area contributed by atoms with E-state index < -0.39 is 15.8 Å². The quantitative estimate of drug-likeness (QED) is 0.796. The molecule has 1 aliphatic rings. The number of rotatable bonds is 2. The van der Waals surface area contributed by atoms with Gasteiger partial charge in [-0.25, -0.2) is 12.8 Å². The Bertz CT molecular complexity index is 639. The minimum absolute atomic E-state index is 0.0489. The fourth-order valence-electron chi connectivity index (χ4n) is 2.60. The molecule has 0 radical (unpaired) electrons. The molecule has 1 aromatic rings. The van der Waals surface area contributed by atoms with Gasteiger partial charge >= 0.3 is 0 Å². The number of anilines is 1. The van der Waals surface area contributed by atoms with Crippen molar-refractivity contribution in [2.24, 2.45) is 0 Å². The Balaban J connectivity index is 2.44. The number of nitrogens with two attached hydrogens (primary N) is 1. The van der Waals surface area contributed by atoms with E-state index in [4.69, 9.17) is 5.73 Å². The minimum atomic E-state index is -3.74. The Labute approximate surface area is 133 Å². The van der Waals surface area contributed by atoms with Crippen molar-refractivity contribution in [3.8, 4) is 0 Å². The lowest BCUT2D eigenvalue weighted by Gasteiger charge is -2.27. The number of benzene rings is 1. The molecule has 1 unspecified atom stereocenters. The van der Waals surface area contributed by atoms with Gasteiger partial charge in [0.1, 0.15) is 10.7 Å². The summed E-state index contributed by atoms with van der Waals surface area (Å²) in [7, 11) is -1.78. The first-order valence-corrected chi connectivity index (χ1v) is 8.91. The summed E-state index contributed by atoms with van der Waals surface area (Å²) < 4.78 is 40.6. The van der Waals surface area contributed by atoms with Crippen LogP contribution in [0.2, 0.25) is 0 Å². The molecule has 0 aliphatic carbocycles. The molecule has 1 heterocycles. The molecule has 0 aromatic heterocycles. The summed E-state index contributed by atoms with van der Waals surface area (Å²) in [5.74, 6) is -0.574. The molecule has 2 N–H and O–H groups in total. The van der Waals surface area contributed by atoms with Crippen molar-refractivity contribution < 1.29 is 12.8 Å². The third-order valence-corrected chi connectivity index (χ3v) is 6.30. The van der Waals surface area contributed by atoms with Gasteiger partial charge in [0.2, 0.25) is 10.0 Å². The van der Waals surface area contributed by atoms with Gasteiger partial charge in [-0.1, -0.05) is 0 Å². The van der Waals surface area contributed by atoms with Gasteiger partial charge in [0.15, 0.2) is 0 Å². The van der Waals surface area contributed by atoms with E-state index in [2.05, 4.69) is 20.8 Å². The maximum absolute atomic E-state index is 13.4.